The largest absolute Gasteiger partial charge is 0.494 e. The molecule has 20 heteroatoms. The molecule has 1 aliphatic rings. The number of rotatable bonds is 18. The number of carbonyl (C=O) groups excluding carboxylic acids is 3. The number of halogens is 3. The lowest BCUT2D eigenvalue weighted by atomic mass is 10.0. The summed E-state index contributed by atoms with van der Waals surface area (Å²) in [7, 11) is 0. The molecule has 5 N–H and O–H groups in total. The van der Waals surface area contributed by atoms with Crippen LogP contribution in [-0.4, -0.2) is 105 Å². The normalized spacial score (nSPS) is 15.4. The van der Waals surface area contributed by atoms with Gasteiger partial charge in [0.15, 0.2) is 6.61 Å². The van der Waals surface area contributed by atoms with Gasteiger partial charge in [0.2, 0.25) is 11.9 Å². The summed E-state index contributed by atoms with van der Waals surface area (Å²) in [4.78, 5) is 62.7. The molecule has 0 unspecified atom stereocenters. The maximum Gasteiger partial charge on any atom is 0.422 e. The van der Waals surface area contributed by atoms with Gasteiger partial charge in [-0.15, -0.1) is 0 Å². The minimum absolute atomic E-state index is 0.0628. The molecule has 328 valence electrons. The Balaban J connectivity index is 1.29. The van der Waals surface area contributed by atoms with Gasteiger partial charge in [-0.1, -0.05) is 25.0 Å². The molecule has 3 aromatic rings. The van der Waals surface area contributed by atoms with E-state index in [1.54, 1.807) is 32.9 Å². The van der Waals surface area contributed by atoms with Crippen LogP contribution in [0.3, 0.4) is 0 Å². The SMILES string of the molecule is CC(C)(C)OC(=O)NCCCCCCOc1ccc(CNc2nc(Nc3ccc(C(=O)N[C@H]4CN(C(=O)OC(C)(C)C)C[C@@H]4C(=O)O)cc3)nc(OCC(F)(F)F)n2)cc1. The number of nitrogens with one attached hydrogen (secondary N) is 4. The van der Waals surface area contributed by atoms with Gasteiger partial charge < -0.3 is 50.2 Å². The Labute approximate surface area is 346 Å². The maximum atomic E-state index is 13.1. The molecular formula is C40H53F3N8O9. The molecular weight excluding hydrogens is 793 g/mol. The van der Waals surface area contributed by atoms with Crippen LogP contribution in [0.4, 0.5) is 40.3 Å². The van der Waals surface area contributed by atoms with Gasteiger partial charge in [-0.3, -0.25) is 9.59 Å². The average molecular weight is 847 g/mol. The second-order valence-electron chi connectivity index (χ2n) is 16.0. The third kappa shape index (κ3) is 16.6. The fourth-order valence-corrected chi connectivity index (χ4v) is 5.62. The summed E-state index contributed by atoms with van der Waals surface area (Å²) in [6, 6.07) is 11.6. The van der Waals surface area contributed by atoms with Crippen LogP contribution in [0.15, 0.2) is 48.5 Å². The number of aliphatic carboxylic acids is 1. The molecule has 17 nitrogen and oxygen atoms in total. The van der Waals surface area contributed by atoms with E-state index in [0.717, 1.165) is 31.2 Å². The molecule has 0 bridgehead atoms. The summed E-state index contributed by atoms with van der Waals surface area (Å²) in [6.07, 6.45) is -2.27. The number of ether oxygens (including phenoxy) is 4. The molecule has 2 aromatic carbocycles. The average Bonchev–Trinajstić information content (AvgIpc) is 3.58. The third-order valence-corrected chi connectivity index (χ3v) is 8.37. The number of unbranched alkanes of at least 4 members (excludes halogenated alkanes) is 3. The molecule has 3 amide bonds. The number of carbonyl (C=O) groups is 4. The molecule has 60 heavy (non-hydrogen) atoms. The Hall–Kier alpha value is -6.08. The maximum absolute atomic E-state index is 13.1. The number of carboxylic acids is 1. The molecule has 1 aromatic heterocycles. The van der Waals surface area contributed by atoms with Gasteiger partial charge in [-0.25, -0.2) is 9.59 Å². The van der Waals surface area contributed by atoms with Crippen molar-refractivity contribution in [1.82, 2.24) is 30.5 Å². The number of amides is 3. The van der Waals surface area contributed by atoms with Crippen molar-refractivity contribution in [3.8, 4) is 11.8 Å². The molecule has 2 heterocycles. The fourth-order valence-electron chi connectivity index (χ4n) is 5.62. The van der Waals surface area contributed by atoms with Gasteiger partial charge in [0.05, 0.1) is 18.6 Å². The van der Waals surface area contributed by atoms with Crippen LogP contribution in [0, 0.1) is 5.92 Å². The molecule has 0 spiro atoms. The highest BCUT2D eigenvalue weighted by Gasteiger charge is 2.42. The molecule has 2 atom stereocenters. The molecule has 1 saturated heterocycles. The highest BCUT2D eigenvalue weighted by molar-refractivity contribution is 5.95. The van der Waals surface area contributed by atoms with Crippen LogP contribution >= 0.6 is 0 Å². The Kier molecular flexibility index (Phi) is 16.1. The second-order valence-corrected chi connectivity index (χ2v) is 16.0. The van der Waals surface area contributed by atoms with E-state index in [1.807, 2.05) is 32.9 Å². The Morgan fingerprint density at radius 2 is 1.45 bits per heavy atom. The van der Waals surface area contributed by atoms with Crippen molar-refractivity contribution >= 4 is 41.6 Å². The van der Waals surface area contributed by atoms with Gasteiger partial charge in [0.25, 0.3) is 5.91 Å². The van der Waals surface area contributed by atoms with Crippen LogP contribution in [0.2, 0.25) is 0 Å². The molecule has 0 aliphatic carbocycles. The fraction of sp³-hybridized carbons (Fsp3) is 0.525. The molecule has 1 aliphatic heterocycles. The zero-order chi connectivity index (χ0) is 44.1. The number of hydrogen-bond acceptors (Lipinski definition) is 13. The lowest BCUT2D eigenvalue weighted by Crippen LogP contribution is -2.43. The first-order valence-electron chi connectivity index (χ1n) is 19.4. The number of hydrogen-bond donors (Lipinski definition) is 5. The van der Waals surface area contributed by atoms with Gasteiger partial charge in [0, 0.05) is 37.4 Å². The van der Waals surface area contributed by atoms with E-state index in [9.17, 15) is 37.5 Å². The van der Waals surface area contributed by atoms with Crippen LogP contribution in [-0.2, 0) is 20.8 Å². The topological polar surface area (TPSA) is 215 Å². The lowest BCUT2D eigenvalue weighted by molar-refractivity contribution is -0.154. The predicted molar refractivity (Wildman–Crippen MR) is 213 cm³/mol. The zero-order valence-electron chi connectivity index (χ0n) is 34.5. The standard InChI is InChI=1S/C40H53F3N8O9/c1-38(2,3)59-36(55)44-19-9-7-8-10-20-57-28-17-11-25(12-18-28)21-45-33-48-34(50-35(49-33)58-24-40(41,42)43)46-27-15-13-26(14-16-27)31(52)47-30-23-51(22-29(30)32(53)54)37(56)60-39(4,5)6/h11-18,29-30H,7-10,19-24H2,1-6H3,(H,44,55)(H,47,52)(H,53,54)(H2,45,46,48,49,50)/t29-,30-/m0/s1. The minimum Gasteiger partial charge on any atom is -0.494 e. The Morgan fingerprint density at radius 3 is 2.08 bits per heavy atom. The summed E-state index contributed by atoms with van der Waals surface area (Å²) >= 11 is 0. The number of nitrogens with zero attached hydrogens (tertiary/aromatic N) is 4. The van der Waals surface area contributed by atoms with E-state index in [-0.39, 0.29) is 37.1 Å². The molecule has 1 fully saturated rings. The number of aromatic nitrogens is 3. The number of anilines is 3. The highest BCUT2D eigenvalue weighted by atomic mass is 19.4. The van der Waals surface area contributed by atoms with Gasteiger partial charge in [-0.2, -0.15) is 28.1 Å². The summed E-state index contributed by atoms with van der Waals surface area (Å²) in [5.41, 5.74) is 0.00170. The van der Waals surface area contributed by atoms with Gasteiger partial charge in [0.1, 0.15) is 17.0 Å². The number of alkyl carbamates (subject to hydrolysis) is 1. The van der Waals surface area contributed by atoms with E-state index < -0.39 is 66.0 Å². The zero-order valence-corrected chi connectivity index (χ0v) is 34.5. The van der Waals surface area contributed by atoms with Crippen molar-refractivity contribution in [3.05, 3.63) is 59.7 Å². The minimum atomic E-state index is -4.65. The van der Waals surface area contributed by atoms with Crippen LogP contribution in [0.25, 0.3) is 0 Å². The predicted octanol–water partition coefficient (Wildman–Crippen LogP) is 6.68. The smallest absolute Gasteiger partial charge is 0.422 e. The number of likely N-dealkylation sites (tertiary alicyclic amines) is 1. The van der Waals surface area contributed by atoms with E-state index >= 15 is 0 Å². The van der Waals surface area contributed by atoms with E-state index in [4.69, 9.17) is 18.9 Å². The monoisotopic (exact) mass is 846 g/mol. The third-order valence-electron chi connectivity index (χ3n) is 8.37. The van der Waals surface area contributed by atoms with Crippen molar-refractivity contribution in [1.29, 1.82) is 0 Å². The number of carboxylic acid groups (broad SMARTS) is 1. The first kappa shape index (κ1) is 46.6. The molecule has 0 saturated carbocycles. The number of benzene rings is 2. The van der Waals surface area contributed by atoms with E-state index in [1.165, 1.54) is 29.2 Å². The van der Waals surface area contributed by atoms with Crippen molar-refractivity contribution in [2.75, 3.05) is 43.5 Å². The van der Waals surface area contributed by atoms with Crippen molar-refractivity contribution in [2.24, 2.45) is 5.92 Å². The molecule has 4 rings (SSSR count). The van der Waals surface area contributed by atoms with Crippen molar-refractivity contribution in [3.63, 3.8) is 0 Å². The number of alkyl halides is 3. The first-order valence-corrected chi connectivity index (χ1v) is 19.4. The quantitative estimate of drug-likeness (QED) is 0.0845. The second kappa shape index (κ2) is 20.7. The van der Waals surface area contributed by atoms with E-state index in [2.05, 4.69) is 36.2 Å². The summed E-state index contributed by atoms with van der Waals surface area (Å²) < 4.78 is 60.2. The van der Waals surface area contributed by atoms with Crippen molar-refractivity contribution in [2.45, 2.75) is 97.2 Å². The van der Waals surface area contributed by atoms with Gasteiger partial charge >= 0.3 is 30.3 Å². The Bertz CT molecular complexity index is 1900. The van der Waals surface area contributed by atoms with Crippen LogP contribution in [0.1, 0.15) is 83.1 Å². The van der Waals surface area contributed by atoms with Crippen LogP contribution in [0.5, 0.6) is 11.8 Å². The molecule has 0 radical (unpaired) electrons. The van der Waals surface area contributed by atoms with E-state index in [0.29, 0.717) is 24.6 Å². The Morgan fingerprint density at radius 1 is 0.800 bits per heavy atom. The highest BCUT2D eigenvalue weighted by Crippen LogP contribution is 2.24. The van der Waals surface area contributed by atoms with Crippen LogP contribution < -0.4 is 30.7 Å². The first-order chi connectivity index (χ1) is 28.1. The van der Waals surface area contributed by atoms with Crippen molar-refractivity contribution < 1.29 is 56.4 Å². The lowest BCUT2D eigenvalue weighted by Gasteiger charge is -2.24. The summed E-state index contributed by atoms with van der Waals surface area (Å²) in [5, 5.41) is 21.0. The summed E-state index contributed by atoms with van der Waals surface area (Å²) in [6.45, 7) is 9.90. The van der Waals surface area contributed by atoms with Gasteiger partial charge in [-0.05, 0) is 96.3 Å². The summed E-state index contributed by atoms with van der Waals surface area (Å²) in [5.74, 6) is -2.39.